The van der Waals surface area contributed by atoms with Crippen molar-refractivity contribution in [2.24, 2.45) is 11.8 Å². The molecule has 1 saturated carbocycles. The van der Waals surface area contributed by atoms with Gasteiger partial charge in [-0.15, -0.1) is 0 Å². The van der Waals surface area contributed by atoms with Gasteiger partial charge in [0.25, 0.3) is 0 Å². The van der Waals surface area contributed by atoms with Crippen molar-refractivity contribution < 1.29 is 18.7 Å². The van der Waals surface area contributed by atoms with Crippen LogP contribution in [0.1, 0.15) is 45.1 Å². The monoisotopic (exact) mass is 417 g/mol. The molecular weight excluding hydrogens is 385 g/mol. The number of likely N-dealkylation sites (tertiary alicyclic amines) is 1. The van der Waals surface area contributed by atoms with E-state index in [1.165, 1.54) is 6.07 Å². The molecule has 30 heavy (non-hydrogen) atoms. The Labute approximate surface area is 177 Å². The molecule has 0 bridgehead atoms. The summed E-state index contributed by atoms with van der Waals surface area (Å²) in [6.07, 6.45) is 2.70. The Morgan fingerprint density at radius 2 is 2.03 bits per heavy atom. The number of carbonyl (C=O) groups excluding carboxylic acids is 2. The summed E-state index contributed by atoms with van der Waals surface area (Å²) in [6.45, 7) is 5.80. The van der Waals surface area contributed by atoms with Crippen LogP contribution in [0.25, 0.3) is 0 Å². The standard InChI is InChI=1S/C23H32FN3O3/c1-14(2)25-22(29)10-20-23-16(9-21(28)26-18-6-7-18)12-27(19(23)13-30-20)11-15-4-3-5-17(24)8-15/h3-5,8,14,16,18-20,23H,6-7,9-13H2,1-2H3,(H,25,29)(H,26,28)/t16-,19-,20+,23-/m1/s1. The van der Waals surface area contributed by atoms with Gasteiger partial charge < -0.3 is 15.4 Å². The molecule has 3 aliphatic rings. The lowest BCUT2D eigenvalue weighted by Crippen LogP contribution is -2.37. The first-order chi connectivity index (χ1) is 14.4. The summed E-state index contributed by atoms with van der Waals surface area (Å²) in [5.74, 6) is 0.0872. The van der Waals surface area contributed by atoms with Gasteiger partial charge in [-0.3, -0.25) is 14.5 Å². The van der Waals surface area contributed by atoms with Gasteiger partial charge in [-0.05, 0) is 50.3 Å². The van der Waals surface area contributed by atoms with E-state index in [9.17, 15) is 14.0 Å². The number of carbonyl (C=O) groups is 2. The van der Waals surface area contributed by atoms with Gasteiger partial charge in [-0.1, -0.05) is 12.1 Å². The highest BCUT2D eigenvalue weighted by Crippen LogP contribution is 2.42. The molecule has 1 aromatic rings. The maximum atomic E-state index is 13.7. The molecule has 6 nitrogen and oxygen atoms in total. The summed E-state index contributed by atoms with van der Waals surface area (Å²) in [6, 6.07) is 7.23. The summed E-state index contributed by atoms with van der Waals surface area (Å²) in [4.78, 5) is 27.2. The number of halogens is 1. The fourth-order valence-electron chi connectivity index (χ4n) is 4.98. The Morgan fingerprint density at radius 1 is 1.23 bits per heavy atom. The van der Waals surface area contributed by atoms with E-state index in [4.69, 9.17) is 4.74 Å². The largest absolute Gasteiger partial charge is 0.376 e. The third kappa shape index (κ3) is 5.19. The van der Waals surface area contributed by atoms with E-state index in [2.05, 4.69) is 15.5 Å². The molecule has 2 N–H and O–H groups in total. The minimum atomic E-state index is -0.241. The van der Waals surface area contributed by atoms with Gasteiger partial charge in [0.2, 0.25) is 11.8 Å². The topological polar surface area (TPSA) is 70.7 Å². The molecule has 1 aliphatic carbocycles. The summed E-state index contributed by atoms with van der Waals surface area (Å²) < 4.78 is 19.7. The highest BCUT2D eigenvalue weighted by molar-refractivity contribution is 5.77. The second kappa shape index (κ2) is 9.02. The smallest absolute Gasteiger partial charge is 0.222 e. The van der Waals surface area contributed by atoms with Crippen molar-refractivity contribution in [3.05, 3.63) is 35.6 Å². The molecule has 3 fully saturated rings. The maximum absolute atomic E-state index is 13.7. The van der Waals surface area contributed by atoms with Crippen molar-refractivity contribution >= 4 is 11.8 Å². The first kappa shape index (κ1) is 21.2. The van der Waals surface area contributed by atoms with Gasteiger partial charge in [0.15, 0.2) is 0 Å². The van der Waals surface area contributed by atoms with Gasteiger partial charge in [0, 0.05) is 43.6 Å². The van der Waals surface area contributed by atoms with E-state index in [0.717, 1.165) is 24.9 Å². The molecule has 0 aromatic heterocycles. The van der Waals surface area contributed by atoms with Crippen LogP contribution in [0.15, 0.2) is 24.3 Å². The number of ether oxygens (including phenoxy) is 1. The maximum Gasteiger partial charge on any atom is 0.222 e. The molecule has 1 aromatic carbocycles. The van der Waals surface area contributed by atoms with E-state index >= 15 is 0 Å². The summed E-state index contributed by atoms with van der Waals surface area (Å²) in [5, 5.41) is 6.03. The van der Waals surface area contributed by atoms with Crippen molar-refractivity contribution in [2.45, 2.75) is 70.3 Å². The number of benzene rings is 1. The van der Waals surface area contributed by atoms with E-state index in [0.29, 0.717) is 32.0 Å². The van der Waals surface area contributed by atoms with Crippen molar-refractivity contribution in [2.75, 3.05) is 13.2 Å². The quantitative estimate of drug-likeness (QED) is 0.681. The van der Waals surface area contributed by atoms with Crippen LogP contribution in [0.2, 0.25) is 0 Å². The van der Waals surface area contributed by atoms with Crippen molar-refractivity contribution in [3.63, 3.8) is 0 Å². The SMILES string of the molecule is CC(C)NC(=O)C[C@@H]1OC[C@@H]2[C@H]1[C@H](CC(=O)NC1CC1)CN2Cc1cccc(F)c1. The number of hydrogen-bond acceptors (Lipinski definition) is 4. The van der Waals surface area contributed by atoms with Gasteiger partial charge in [0.05, 0.1) is 19.1 Å². The number of rotatable bonds is 8. The first-order valence-corrected chi connectivity index (χ1v) is 11.1. The lowest BCUT2D eigenvalue weighted by atomic mass is 9.84. The third-order valence-electron chi connectivity index (χ3n) is 6.34. The second-order valence-electron chi connectivity index (χ2n) is 9.31. The lowest BCUT2D eigenvalue weighted by Gasteiger charge is -2.23. The summed E-state index contributed by atoms with van der Waals surface area (Å²) in [5.41, 5.74) is 0.915. The van der Waals surface area contributed by atoms with Crippen LogP contribution >= 0.6 is 0 Å². The highest BCUT2D eigenvalue weighted by atomic mass is 19.1. The Hall–Kier alpha value is -1.99. The average molecular weight is 418 g/mol. The molecule has 7 heteroatoms. The normalized spacial score (nSPS) is 28.5. The van der Waals surface area contributed by atoms with Crippen LogP contribution in [0.3, 0.4) is 0 Å². The van der Waals surface area contributed by atoms with Crippen LogP contribution in [0, 0.1) is 17.7 Å². The Bertz CT molecular complexity index is 783. The zero-order valence-electron chi connectivity index (χ0n) is 17.8. The van der Waals surface area contributed by atoms with Crippen molar-refractivity contribution in [1.82, 2.24) is 15.5 Å². The number of fused-ring (bicyclic) bond motifs is 1. The van der Waals surface area contributed by atoms with Gasteiger partial charge >= 0.3 is 0 Å². The lowest BCUT2D eigenvalue weighted by molar-refractivity contribution is -0.124. The molecule has 2 aliphatic heterocycles. The number of nitrogens with one attached hydrogen (secondary N) is 2. The minimum Gasteiger partial charge on any atom is -0.376 e. The predicted molar refractivity (Wildman–Crippen MR) is 111 cm³/mol. The molecule has 2 amide bonds. The van der Waals surface area contributed by atoms with E-state index in [1.54, 1.807) is 12.1 Å². The fraction of sp³-hybridized carbons (Fsp3) is 0.652. The van der Waals surface area contributed by atoms with Crippen LogP contribution in [-0.4, -0.2) is 54.1 Å². The van der Waals surface area contributed by atoms with Crippen molar-refractivity contribution in [1.29, 1.82) is 0 Å². The zero-order valence-corrected chi connectivity index (χ0v) is 17.8. The molecule has 0 spiro atoms. The molecule has 0 unspecified atom stereocenters. The molecule has 2 saturated heterocycles. The third-order valence-corrected chi connectivity index (χ3v) is 6.34. The van der Waals surface area contributed by atoms with E-state index in [-0.39, 0.29) is 47.7 Å². The molecule has 0 radical (unpaired) electrons. The second-order valence-corrected chi connectivity index (χ2v) is 9.31. The Balaban J connectivity index is 1.46. The van der Waals surface area contributed by atoms with Gasteiger partial charge in [0.1, 0.15) is 5.82 Å². The number of hydrogen-bond donors (Lipinski definition) is 2. The molecule has 4 rings (SSSR count). The van der Waals surface area contributed by atoms with E-state index < -0.39 is 0 Å². The zero-order chi connectivity index (χ0) is 21.3. The molecular formula is C23H32FN3O3. The van der Waals surface area contributed by atoms with Crippen LogP contribution in [-0.2, 0) is 20.9 Å². The van der Waals surface area contributed by atoms with Gasteiger partial charge in [-0.2, -0.15) is 0 Å². The average Bonchev–Trinajstić information content (AvgIpc) is 3.27. The van der Waals surface area contributed by atoms with Crippen LogP contribution in [0.5, 0.6) is 0 Å². The van der Waals surface area contributed by atoms with Crippen LogP contribution in [0.4, 0.5) is 4.39 Å². The first-order valence-electron chi connectivity index (χ1n) is 11.1. The van der Waals surface area contributed by atoms with Gasteiger partial charge in [-0.25, -0.2) is 4.39 Å². The minimum absolute atomic E-state index is 0.0135. The highest BCUT2D eigenvalue weighted by Gasteiger charge is 2.51. The van der Waals surface area contributed by atoms with E-state index in [1.807, 2.05) is 19.9 Å². The van der Waals surface area contributed by atoms with Crippen LogP contribution < -0.4 is 10.6 Å². The Morgan fingerprint density at radius 3 is 2.73 bits per heavy atom. The Kier molecular flexibility index (Phi) is 6.39. The fourth-order valence-corrected chi connectivity index (χ4v) is 4.98. The molecule has 4 atom stereocenters. The number of amides is 2. The number of nitrogens with zero attached hydrogens (tertiary/aromatic N) is 1. The molecule has 164 valence electrons. The predicted octanol–water partition coefficient (Wildman–Crippen LogP) is 2.22. The molecule has 2 heterocycles. The summed E-state index contributed by atoms with van der Waals surface area (Å²) in [7, 11) is 0. The van der Waals surface area contributed by atoms with Crippen molar-refractivity contribution in [3.8, 4) is 0 Å². The summed E-state index contributed by atoms with van der Waals surface area (Å²) >= 11 is 0.